The molecule has 0 atom stereocenters. The number of aliphatic imine (C=N–C) groups is 1. The van der Waals surface area contributed by atoms with Crippen molar-refractivity contribution >= 4 is 23.3 Å². The molecule has 5 nitrogen and oxygen atoms in total. The SMILES string of the molecule is CC/C(=N\NC(N)=NC#N)c1ccc(Cl)cc1. The van der Waals surface area contributed by atoms with Gasteiger partial charge in [0.15, 0.2) is 0 Å². The van der Waals surface area contributed by atoms with E-state index in [0.29, 0.717) is 11.4 Å². The molecule has 0 spiro atoms. The fourth-order valence-corrected chi connectivity index (χ4v) is 1.32. The monoisotopic (exact) mass is 249 g/mol. The number of guanidine groups is 1. The Morgan fingerprint density at radius 3 is 2.65 bits per heavy atom. The molecule has 0 fully saturated rings. The highest BCUT2D eigenvalue weighted by molar-refractivity contribution is 6.30. The van der Waals surface area contributed by atoms with Gasteiger partial charge >= 0.3 is 0 Å². The Kier molecular flexibility index (Phi) is 4.98. The Balaban J connectivity index is 2.85. The fraction of sp³-hybridized carbons (Fsp3) is 0.182. The molecule has 0 aromatic heterocycles. The van der Waals surface area contributed by atoms with Gasteiger partial charge < -0.3 is 5.73 Å². The number of halogens is 1. The summed E-state index contributed by atoms with van der Waals surface area (Å²) in [6, 6.07) is 7.30. The van der Waals surface area contributed by atoms with E-state index in [-0.39, 0.29) is 5.96 Å². The Bertz CT molecular complexity index is 470. The number of benzene rings is 1. The molecular weight excluding hydrogens is 238 g/mol. The van der Waals surface area contributed by atoms with Crippen LogP contribution in [0.15, 0.2) is 34.4 Å². The van der Waals surface area contributed by atoms with Crippen LogP contribution in [0.5, 0.6) is 0 Å². The summed E-state index contributed by atoms with van der Waals surface area (Å²) in [4.78, 5) is 3.30. The van der Waals surface area contributed by atoms with Gasteiger partial charge in [-0.25, -0.2) is 5.43 Å². The molecular formula is C11H12ClN5. The maximum Gasteiger partial charge on any atom is 0.225 e. The number of hydrogen-bond acceptors (Lipinski definition) is 3. The summed E-state index contributed by atoms with van der Waals surface area (Å²) < 4.78 is 0. The van der Waals surface area contributed by atoms with E-state index < -0.39 is 0 Å². The molecule has 0 radical (unpaired) electrons. The molecule has 0 saturated heterocycles. The van der Waals surface area contributed by atoms with Crippen molar-refractivity contribution in [2.45, 2.75) is 13.3 Å². The van der Waals surface area contributed by atoms with Crippen molar-refractivity contribution in [2.24, 2.45) is 15.8 Å². The van der Waals surface area contributed by atoms with Gasteiger partial charge in [-0.05, 0) is 24.1 Å². The van der Waals surface area contributed by atoms with Gasteiger partial charge in [-0.15, -0.1) is 4.99 Å². The van der Waals surface area contributed by atoms with Crippen LogP contribution in [0.3, 0.4) is 0 Å². The lowest BCUT2D eigenvalue weighted by molar-refractivity contribution is 0.991. The first-order chi connectivity index (χ1) is 8.17. The first kappa shape index (κ1) is 13.0. The molecule has 0 aliphatic heterocycles. The Morgan fingerprint density at radius 2 is 2.12 bits per heavy atom. The first-order valence-electron chi connectivity index (χ1n) is 4.98. The van der Waals surface area contributed by atoms with E-state index in [1.165, 1.54) is 0 Å². The minimum Gasteiger partial charge on any atom is -0.368 e. The van der Waals surface area contributed by atoms with Crippen molar-refractivity contribution in [1.82, 2.24) is 5.43 Å². The molecule has 0 unspecified atom stereocenters. The smallest absolute Gasteiger partial charge is 0.225 e. The first-order valence-corrected chi connectivity index (χ1v) is 5.36. The molecule has 1 aromatic carbocycles. The molecule has 0 heterocycles. The number of nitriles is 1. The van der Waals surface area contributed by atoms with E-state index in [1.54, 1.807) is 18.3 Å². The van der Waals surface area contributed by atoms with Crippen molar-refractivity contribution in [3.8, 4) is 6.19 Å². The summed E-state index contributed by atoms with van der Waals surface area (Å²) in [6.07, 6.45) is 2.29. The molecule has 0 amide bonds. The lowest BCUT2D eigenvalue weighted by atomic mass is 10.1. The predicted molar refractivity (Wildman–Crippen MR) is 68.7 cm³/mol. The molecule has 3 N–H and O–H groups in total. The van der Waals surface area contributed by atoms with E-state index in [2.05, 4.69) is 15.5 Å². The fourth-order valence-electron chi connectivity index (χ4n) is 1.19. The highest BCUT2D eigenvalue weighted by Gasteiger charge is 2.01. The lowest BCUT2D eigenvalue weighted by Crippen LogP contribution is -2.28. The van der Waals surface area contributed by atoms with E-state index >= 15 is 0 Å². The minimum absolute atomic E-state index is 0.0348. The molecule has 0 saturated carbocycles. The van der Waals surface area contributed by atoms with Crippen LogP contribution in [-0.4, -0.2) is 11.7 Å². The number of hydrogen-bond donors (Lipinski definition) is 2. The zero-order chi connectivity index (χ0) is 12.7. The maximum absolute atomic E-state index is 8.29. The zero-order valence-electron chi connectivity index (χ0n) is 9.31. The van der Waals surface area contributed by atoms with Crippen LogP contribution in [-0.2, 0) is 0 Å². The van der Waals surface area contributed by atoms with Crippen LogP contribution in [0.4, 0.5) is 0 Å². The van der Waals surface area contributed by atoms with Crippen LogP contribution in [0, 0.1) is 11.5 Å². The van der Waals surface area contributed by atoms with Gasteiger partial charge in [0.25, 0.3) is 0 Å². The largest absolute Gasteiger partial charge is 0.368 e. The third kappa shape index (κ3) is 4.13. The van der Waals surface area contributed by atoms with Gasteiger partial charge in [0, 0.05) is 5.02 Å². The molecule has 1 aromatic rings. The average Bonchev–Trinajstić information content (AvgIpc) is 2.32. The summed E-state index contributed by atoms with van der Waals surface area (Å²) in [7, 11) is 0. The van der Waals surface area contributed by atoms with Gasteiger partial charge in [0.1, 0.15) is 0 Å². The Labute approximate surface area is 105 Å². The quantitative estimate of drug-likeness (QED) is 0.371. The molecule has 6 heteroatoms. The van der Waals surface area contributed by atoms with Crippen LogP contribution in [0.2, 0.25) is 5.02 Å². The van der Waals surface area contributed by atoms with Gasteiger partial charge in [-0.2, -0.15) is 10.4 Å². The minimum atomic E-state index is -0.0348. The van der Waals surface area contributed by atoms with E-state index in [9.17, 15) is 0 Å². The van der Waals surface area contributed by atoms with Crippen molar-refractivity contribution in [3.05, 3.63) is 34.9 Å². The van der Waals surface area contributed by atoms with E-state index in [4.69, 9.17) is 22.6 Å². The molecule has 17 heavy (non-hydrogen) atoms. The maximum atomic E-state index is 8.29. The highest BCUT2D eigenvalue weighted by Crippen LogP contribution is 2.11. The number of hydrazone groups is 1. The van der Waals surface area contributed by atoms with Gasteiger partial charge in [0.05, 0.1) is 5.71 Å². The number of nitrogens with zero attached hydrogens (tertiary/aromatic N) is 3. The van der Waals surface area contributed by atoms with Crippen LogP contribution in [0.25, 0.3) is 0 Å². The van der Waals surface area contributed by atoms with Crippen molar-refractivity contribution in [3.63, 3.8) is 0 Å². The Morgan fingerprint density at radius 1 is 1.47 bits per heavy atom. The number of nitrogens with two attached hydrogens (primary N) is 1. The van der Waals surface area contributed by atoms with Crippen molar-refractivity contribution in [2.75, 3.05) is 0 Å². The van der Waals surface area contributed by atoms with Crippen molar-refractivity contribution in [1.29, 1.82) is 5.26 Å². The summed E-state index contributed by atoms with van der Waals surface area (Å²) in [6.45, 7) is 1.97. The van der Waals surface area contributed by atoms with Crippen molar-refractivity contribution < 1.29 is 0 Å². The van der Waals surface area contributed by atoms with Gasteiger partial charge in [0.2, 0.25) is 12.2 Å². The Hall–Kier alpha value is -2.06. The second-order valence-electron chi connectivity index (χ2n) is 3.13. The second-order valence-corrected chi connectivity index (χ2v) is 3.56. The average molecular weight is 250 g/mol. The van der Waals surface area contributed by atoms with Crippen LogP contribution < -0.4 is 11.2 Å². The zero-order valence-corrected chi connectivity index (χ0v) is 10.1. The van der Waals surface area contributed by atoms with Crippen LogP contribution in [0.1, 0.15) is 18.9 Å². The third-order valence-corrected chi connectivity index (χ3v) is 2.24. The topological polar surface area (TPSA) is 86.6 Å². The standard InChI is InChI=1S/C11H12ClN5/c1-2-10(16-17-11(14)15-7-13)8-3-5-9(12)6-4-8/h3-6H,2H2,1H3,(H3,14,15,17)/b16-10+. The predicted octanol–water partition coefficient (Wildman–Crippen LogP) is 1.84. The van der Waals surface area contributed by atoms with Crippen LogP contribution >= 0.6 is 11.6 Å². The number of rotatable bonds is 3. The lowest BCUT2D eigenvalue weighted by Gasteiger charge is -2.04. The molecule has 0 aliphatic rings. The summed E-state index contributed by atoms with van der Waals surface area (Å²) >= 11 is 5.80. The van der Waals surface area contributed by atoms with Gasteiger partial charge in [-0.3, -0.25) is 0 Å². The third-order valence-electron chi connectivity index (χ3n) is 1.99. The number of nitrogens with one attached hydrogen (secondary N) is 1. The summed E-state index contributed by atoms with van der Waals surface area (Å²) in [5.74, 6) is -0.0348. The van der Waals surface area contributed by atoms with E-state index in [0.717, 1.165) is 11.3 Å². The highest BCUT2D eigenvalue weighted by atomic mass is 35.5. The summed E-state index contributed by atoms with van der Waals surface area (Å²) in [5.41, 5.74) is 9.63. The van der Waals surface area contributed by atoms with E-state index in [1.807, 2.05) is 19.1 Å². The molecule has 0 bridgehead atoms. The second kappa shape index (κ2) is 6.51. The summed E-state index contributed by atoms with van der Waals surface area (Å²) in [5, 5.41) is 13.0. The molecule has 0 aliphatic carbocycles. The van der Waals surface area contributed by atoms with Gasteiger partial charge in [-0.1, -0.05) is 30.7 Å². The molecule has 88 valence electrons. The molecule has 1 rings (SSSR count). The normalized spacial score (nSPS) is 12.1.